The number of piperidine rings is 1. The van der Waals surface area contributed by atoms with Gasteiger partial charge in [-0.15, -0.1) is 0 Å². The van der Waals surface area contributed by atoms with Gasteiger partial charge in [0.1, 0.15) is 5.72 Å². The third-order valence-corrected chi connectivity index (χ3v) is 6.54. The highest BCUT2D eigenvalue weighted by Gasteiger charge is 2.54. The second-order valence-corrected chi connectivity index (χ2v) is 8.82. The Hall–Kier alpha value is -2.70. The van der Waals surface area contributed by atoms with Crippen molar-refractivity contribution in [2.75, 3.05) is 19.7 Å². The Morgan fingerprint density at radius 1 is 1.06 bits per heavy atom. The molecule has 164 valence electrons. The number of carbonyl (C=O) groups excluding carboxylic acids is 1. The second-order valence-electron chi connectivity index (χ2n) is 8.82. The maximum Gasteiger partial charge on any atom is 0.328 e. The van der Waals surface area contributed by atoms with Crippen molar-refractivity contribution in [2.45, 2.75) is 51.9 Å². The van der Waals surface area contributed by atoms with Crippen molar-refractivity contribution in [1.82, 2.24) is 9.80 Å². The predicted octanol–water partition coefficient (Wildman–Crippen LogP) is 3.53. The minimum absolute atomic E-state index is 0.0315. The fourth-order valence-corrected chi connectivity index (χ4v) is 5.10. The van der Waals surface area contributed by atoms with Crippen LogP contribution < -0.4 is 0 Å². The van der Waals surface area contributed by atoms with Crippen molar-refractivity contribution in [1.29, 1.82) is 0 Å². The molecule has 2 saturated heterocycles. The molecular formula is C25H30N2O4. The Morgan fingerprint density at radius 3 is 2.26 bits per heavy atom. The van der Waals surface area contributed by atoms with E-state index < -0.39 is 17.7 Å². The van der Waals surface area contributed by atoms with E-state index in [1.807, 2.05) is 51.1 Å². The van der Waals surface area contributed by atoms with Gasteiger partial charge in [0.15, 0.2) is 6.04 Å². The Kier molecular flexibility index (Phi) is 5.86. The normalized spacial score (nSPS) is 20.9. The second kappa shape index (κ2) is 8.44. The highest BCUT2D eigenvalue weighted by Crippen LogP contribution is 2.39. The van der Waals surface area contributed by atoms with Crippen LogP contribution in [0.25, 0.3) is 0 Å². The fourth-order valence-electron chi connectivity index (χ4n) is 5.10. The van der Waals surface area contributed by atoms with E-state index in [1.165, 1.54) is 10.5 Å². The number of carboxylic acids is 1. The number of hydrogen-bond acceptors (Lipinski definition) is 4. The molecule has 1 N–H and O–H groups in total. The molecule has 0 saturated carbocycles. The monoisotopic (exact) mass is 422 g/mol. The van der Waals surface area contributed by atoms with Gasteiger partial charge in [-0.1, -0.05) is 48.0 Å². The van der Waals surface area contributed by atoms with Crippen LogP contribution in [0.4, 0.5) is 0 Å². The van der Waals surface area contributed by atoms with Crippen LogP contribution in [0.5, 0.6) is 0 Å². The molecule has 1 amide bonds. The van der Waals surface area contributed by atoms with Crippen molar-refractivity contribution in [3.05, 3.63) is 70.3 Å². The first kappa shape index (κ1) is 21.5. The largest absolute Gasteiger partial charge is 0.480 e. The van der Waals surface area contributed by atoms with Gasteiger partial charge in [0.2, 0.25) is 0 Å². The van der Waals surface area contributed by atoms with Gasteiger partial charge in [0, 0.05) is 38.0 Å². The van der Waals surface area contributed by atoms with Gasteiger partial charge in [-0.3, -0.25) is 14.6 Å². The van der Waals surface area contributed by atoms with E-state index in [-0.39, 0.29) is 12.5 Å². The molecule has 0 aliphatic carbocycles. The first-order chi connectivity index (χ1) is 14.8. The van der Waals surface area contributed by atoms with Gasteiger partial charge in [0.25, 0.3) is 5.91 Å². The average Bonchev–Trinajstić information content (AvgIpc) is 3.09. The number of carbonyl (C=O) groups is 2. The number of aryl methyl sites for hydroxylation is 3. The molecule has 0 radical (unpaired) electrons. The van der Waals surface area contributed by atoms with Gasteiger partial charge in [-0.2, -0.15) is 0 Å². The highest BCUT2D eigenvalue weighted by molar-refractivity contribution is 6.00. The van der Waals surface area contributed by atoms with Gasteiger partial charge < -0.3 is 9.84 Å². The molecule has 2 aliphatic rings. The molecule has 4 rings (SSSR count). The number of ether oxygens (including phenoxy) is 1. The zero-order chi connectivity index (χ0) is 22.2. The van der Waals surface area contributed by atoms with E-state index in [9.17, 15) is 14.7 Å². The van der Waals surface area contributed by atoms with Crippen LogP contribution in [-0.4, -0.2) is 58.2 Å². The van der Waals surface area contributed by atoms with Gasteiger partial charge >= 0.3 is 5.97 Å². The average molecular weight is 423 g/mol. The number of nitrogens with zero attached hydrogens (tertiary/aromatic N) is 2. The molecule has 1 spiro atoms. The number of hydrogen-bond donors (Lipinski definition) is 1. The lowest BCUT2D eigenvalue weighted by atomic mass is 9.93. The summed E-state index contributed by atoms with van der Waals surface area (Å²) in [5.41, 5.74) is 3.80. The molecule has 6 nitrogen and oxygen atoms in total. The fraction of sp³-hybridized carbons (Fsp3) is 0.440. The van der Waals surface area contributed by atoms with Crippen molar-refractivity contribution < 1.29 is 19.4 Å². The van der Waals surface area contributed by atoms with E-state index in [1.54, 1.807) is 0 Å². The van der Waals surface area contributed by atoms with Crippen molar-refractivity contribution in [3.8, 4) is 0 Å². The molecule has 0 aromatic heterocycles. The van der Waals surface area contributed by atoms with Crippen LogP contribution in [0, 0.1) is 20.8 Å². The van der Waals surface area contributed by atoms with Gasteiger partial charge in [-0.05, 0) is 37.5 Å². The molecule has 31 heavy (non-hydrogen) atoms. The lowest BCUT2D eigenvalue weighted by molar-refractivity contribution is -0.144. The first-order valence-corrected chi connectivity index (χ1v) is 10.9. The van der Waals surface area contributed by atoms with Crippen LogP contribution in [0.1, 0.15) is 45.5 Å². The predicted molar refractivity (Wildman–Crippen MR) is 118 cm³/mol. The summed E-state index contributed by atoms with van der Waals surface area (Å²) in [5, 5.41) is 9.84. The smallest absolute Gasteiger partial charge is 0.328 e. The van der Waals surface area contributed by atoms with Crippen molar-refractivity contribution in [2.24, 2.45) is 0 Å². The SMILES string of the molecule is Cc1cc(C)c(C(=O)N2[C@H](C(=O)O)COC23CCN(Cc2ccccc2)CC3)c(C)c1. The number of aliphatic carboxylic acids is 1. The van der Waals surface area contributed by atoms with Crippen LogP contribution in [0.2, 0.25) is 0 Å². The molecule has 2 heterocycles. The summed E-state index contributed by atoms with van der Waals surface area (Å²) in [6.45, 7) is 8.18. The van der Waals surface area contributed by atoms with Crippen LogP contribution in [0.15, 0.2) is 42.5 Å². The summed E-state index contributed by atoms with van der Waals surface area (Å²) in [6, 6.07) is 13.3. The van der Waals surface area contributed by atoms with Crippen molar-refractivity contribution >= 4 is 11.9 Å². The van der Waals surface area contributed by atoms with Crippen LogP contribution in [-0.2, 0) is 16.1 Å². The third-order valence-electron chi connectivity index (χ3n) is 6.54. The van der Waals surface area contributed by atoms with Crippen molar-refractivity contribution in [3.63, 3.8) is 0 Å². The summed E-state index contributed by atoms with van der Waals surface area (Å²) >= 11 is 0. The molecule has 2 fully saturated rings. The van der Waals surface area contributed by atoms with Gasteiger partial charge in [0.05, 0.1) is 6.61 Å². The summed E-state index contributed by atoms with van der Waals surface area (Å²) < 4.78 is 6.11. The van der Waals surface area contributed by atoms with Gasteiger partial charge in [-0.25, -0.2) is 4.79 Å². The standard InChI is InChI=1S/C25H30N2O4/c1-17-13-18(2)22(19(3)14-17)23(28)27-21(24(29)30)16-31-25(27)9-11-26(12-10-25)15-20-7-5-4-6-8-20/h4-8,13-14,21H,9-12,15-16H2,1-3H3,(H,29,30)/t21-/m0/s1. The quantitative estimate of drug-likeness (QED) is 0.816. The van der Waals surface area contributed by atoms with E-state index in [0.29, 0.717) is 18.4 Å². The Labute approximate surface area is 183 Å². The Balaban J connectivity index is 1.59. The number of amides is 1. The van der Waals surface area contributed by atoms with E-state index in [2.05, 4.69) is 17.0 Å². The van der Waals surface area contributed by atoms with E-state index >= 15 is 0 Å². The molecule has 2 aromatic rings. The highest BCUT2D eigenvalue weighted by atomic mass is 16.5. The zero-order valence-corrected chi connectivity index (χ0v) is 18.4. The summed E-state index contributed by atoms with van der Waals surface area (Å²) in [6.07, 6.45) is 1.19. The summed E-state index contributed by atoms with van der Waals surface area (Å²) in [7, 11) is 0. The van der Waals surface area contributed by atoms with E-state index in [4.69, 9.17) is 4.74 Å². The van der Waals surface area contributed by atoms with E-state index in [0.717, 1.165) is 36.3 Å². The molecule has 1 atom stereocenters. The maximum absolute atomic E-state index is 13.7. The third kappa shape index (κ3) is 4.10. The Bertz CT molecular complexity index is 957. The number of rotatable bonds is 4. The number of benzene rings is 2. The molecule has 2 aliphatic heterocycles. The molecular weight excluding hydrogens is 392 g/mol. The van der Waals surface area contributed by atoms with Crippen LogP contribution in [0.3, 0.4) is 0 Å². The molecule has 0 unspecified atom stereocenters. The minimum atomic E-state index is -1.01. The summed E-state index contributed by atoms with van der Waals surface area (Å²) in [4.78, 5) is 29.6. The number of likely N-dealkylation sites (tertiary alicyclic amines) is 1. The lowest BCUT2D eigenvalue weighted by Gasteiger charge is -2.44. The number of carboxylic acid groups (broad SMARTS) is 1. The lowest BCUT2D eigenvalue weighted by Crippen LogP contribution is -2.58. The summed E-state index contributed by atoms with van der Waals surface area (Å²) in [5.74, 6) is -1.25. The Morgan fingerprint density at radius 2 is 1.68 bits per heavy atom. The topological polar surface area (TPSA) is 70.1 Å². The molecule has 6 heteroatoms. The zero-order valence-electron chi connectivity index (χ0n) is 18.4. The maximum atomic E-state index is 13.7. The molecule has 2 aromatic carbocycles. The van der Waals surface area contributed by atoms with Crippen LogP contribution >= 0.6 is 0 Å². The minimum Gasteiger partial charge on any atom is -0.480 e. The first-order valence-electron chi connectivity index (χ1n) is 10.9. The molecule has 0 bridgehead atoms.